The molecular weight excluding hydrogens is 288 g/mol. The van der Waals surface area contributed by atoms with E-state index in [9.17, 15) is 8.42 Å². The zero-order valence-corrected chi connectivity index (χ0v) is 12.7. The van der Waals surface area contributed by atoms with E-state index in [-0.39, 0.29) is 18.4 Å². The Morgan fingerprint density at radius 1 is 1.43 bits per heavy atom. The van der Waals surface area contributed by atoms with E-state index in [1.807, 2.05) is 6.07 Å². The van der Waals surface area contributed by atoms with Gasteiger partial charge in [0.2, 0.25) is 10.0 Å². The molecule has 1 N–H and O–H groups in total. The number of aliphatic hydroxyl groups excluding tert-OH is 1. The van der Waals surface area contributed by atoms with Crippen LogP contribution in [0, 0.1) is 11.3 Å². The lowest BCUT2D eigenvalue weighted by atomic mass is 10.1. The van der Waals surface area contributed by atoms with Crippen molar-refractivity contribution < 1.29 is 13.5 Å². The van der Waals surface area contributed by atoms with Gasteiger partial charge in [0.25, 0.3) is 0 Å². The molecule has 0 spiro atoms. The summed E-state index contributed by atoms with van der Waals surface area (Å²) in [6.45, 7) is 0.644. The highest BCUT2D eigenvalue weighted by molar-refractivity contribution is 7.88. The molecule has 21 heavy (non-hydrogen) atoms. The zero-order chi connectivity index (χ0) is 15.3. The first-order valence-corrected chi connectivity index (χ1v) is 8.77. The van der Waals surface area contributed by atoms with E-state index in [0.29, 0.717) is 30.5 Å². The van der Waals surface area contributed by atoms with Crippen molar-refractivity contribution >= 4 is 10.0 Å². The number of aliphatic hydroxyl groups is 1. The maximum atomic E-state index is 12.6. The van der Waals surface area contributed by atoms with Crippen LogP contribution in [0.15, 0.2) is 24.3 Å². The molecule has 0 radical (unpaired) electrons. The maximum Gasteiger partial charge on any atom is 0.218 e. The third-order valence-electron chi connectivity index (χ3n) is 3.78. The van der Waals surface area contributed by atoms with Crippen molar-refractivity contribution in [2.75, 3.05) is 13.2 Å². The molecule has 1 fully saturated rings. The van der Waals surface area contributed by atoms with Gasteiger partial charge in [0.1, 0.15) is 0 Å². The molecule has 1 atom stereocenters. The maximum absolute atomic E-state index is 12.6. The number of hydrogen-bond donors (Lipinski definition) is 1. The fraction of sp³-hybridized carbons (Fsp3) is 0.533. The average molecular weight is 308 g/mol. The highest BCUT2D eigenvalue weighted by Gasteiger charge is 2.33. The molecule has 1 aromatic carbocycles. The smallest absolute Gasteiger partial charge is 0.218 e. The van der Waals surface area contributed by atoms with E-state index >= 15 is 0 Å². The van der Waals surface area contributed by atoms with Crippen molar-refractivity contribution in [3.8, 4) is 6.07 Å². The van der Waals surface area contributed by atoms with Gasteiger partial charge in [-0.3, -0.25) is 0 Å². The van der Waals surface area contributed by atoms with Gasteiger partial charge in [0.05, 0.1) is 17.4 Å². The van der Waals surface area contributed by atoms with E-state index in [0.717, 1.165) is 12.8 Å². The van der Waals surface area contributed by atoms with Crippen molar-refractivity contribution in [3.63, 3.8) is 0 Å². The second-order valence-corrected chi connectivity index (χ2v) is 7.26. The molecule has 1 saturated heterocycles. The van der Waals surface area contributed by atoms with Gasteiger partial charge in [-0.25, -0.2) is 8.42 Å². The Bertz CT molecular complexity index is 622. The highest BCUT2D eigenvalue weighted by atomic mass is 32.2. The van der Waals surface area contributed by atoms with Crippen LogP contribution in [0.25, 0.3) is 0 Å². The molecule has 0 aliphatic carbocycles. The van der Waals surface area contributed by atoms with Crippen molar-refractivity contribution in [1.82, 2.24) is 4.31 Å². The molecule has 5 nitrogen and oxygen atoms in total. The Morgan fingerprint density at radius 2 is 2.24 bits per heavy atom. The van der Waals surface area contributed by atoms with E-state index in [1.165, 1.54) is 0 Å². The quantitative estimate of drug-likeness (QED) is 0.866. The van der Waals surface area contributed by atoms with Crippen LogP contribution in [0.1, 0.15) is 36.8 Å². The van der Waals surface area contributed by atoms with Crippen molar-refractivity contribution in [2.45, 2.75) is 37.5 Å². The number of nitrogens with zero attached hydrogens (tertiary/aromatic N) is 2. The summed E-state index contributed by atoms with van der Waals surface area (Å²) in [7, 11) is -3.38. The number of hydrogen-bond acceptors (Lipinski definition) is 4. The molecule has 6 heteroatoms. The Labute approximate surface area is 125 Å². The standard InChI is InChI=1S/C15H20N2O3S/c16-11-13-4-1-5-14(10-13)12-21(19,20)17-8-2-6-15(17)7-3-9-18/h1,4-5,10,15,18H,2-3,6-9,12H2. The molecule has 0 amide bonds. The van der Waals surface area contributed by atoms with Gasteiger partial charge in [-0.05, 0) is 43.4 Å². The van der Waals surface area contributed by atoms with E-state index in [2.05, 4.69) is 0 Å². The fourth-order valence-corrected chi connectivity index (χ4v) is 4.65. The monoisotopic (exact) mass is 308 g/mol. The summed E-state index contributed by atoms with van der Waals surface area (Å²) in [4.78, 5) is 0. The summed E-state index contributed by atoms with van der Waals surface area (Å²) in [5.74, 6) is -0.0713. The van der Waals surface area contributed by atoms with E-state index in [4.69, 9.17) is 10.4 Å². The Kier molecular flexibility index (Phi) is 5.34. The molecule has 1 heterocycles. The Hall–Kier alpha value is -1.42. The average Bonchev–Trinajstić information content (AvgIpc) is 2.94. The van der Waals surface area contributed by atoms with Crippen LogP contribution in [0.5, 0.6) is 0 Å². The summed E-state index contributed by atoms with van der Waals surface area (Å²) in [6, 6.07) is 8.75. The van der Waals surface area contributed by atoms with Gasteiger partial charge >= 0.3 is 0 Å². The first-order valence-electron chi connectivity index (χ1n) is 7.16. The summed E-state index contributed by atoms with van der Waals surface area (Å²) in [6.07, 6.45) is 3.06. The van der Waals surface area contributed by atoms with Gasteiger partial charge in [-0.15, -0.1) is 0 Å². The SMILES string of the molecule is N#Cc1cccc(CS(=O)(=O)N2CCCC2CCCO)c1. The molecule has 1 aromatic rings. The third kappa shape index (κ3) is 4.03. The van der Waals surface area contributed by atoms with Gasteiger partial charge in [-0.1, -0.05) is 12.1 Å². The van der Waals surface area contributed by atoms with Gasteiger partial charge < -0.3 is 5.11 Å². The molecule has 114 valence electrons. The fourth-order valence-electron chi connectivity index (χ4n) is 2.81. The number of benzene rings is 1. The van der Waals surface area contributed by atoms with Crippen LogP contribution in [0.3, 0.4) is 0 Å². The van der Waals surface area contributed by atoms with E-state index in [1.54, 1.807) is 28.6 Å². The first-order chi connectivity index (χ1) is 10.1. The minimum absolute atomic E-state index is 0.00120. The lowest BCUT2D eigenvalue weighted by molar-refractivity contribution is 0.264. The first kappa shape index (κ1) is 16.0. The van der Waals surface area contributed by atoms with Crippen molar-refractivity contribution in [2.24, 2.45) is 0 Å². The lowest BCUT2D eigenvalue weighted by Gasteiger charge is -2.24. The van der Waals surface area contributed by atoms with Crippen LogP contribution < -0.4 is 0 Å². The molecule has 1 aliphatic rings. The van der Waals surface area contributed by atoms with Crippen LogP contribution >= 0.6 is 0 Å². The summed E-state index contributed by atoms with van der Waals surface area (Å²) >= 11 is 0. The summed E-state index contributed by atoms with van der Waals surface area (Å²) in [5, 5.41) is 17.8. The topological polar surface area (TPSA) is 81.4 Å². The molecule has 1 unspecified atom stereocenters. The second-order valence-electron chi connectivity index (χ2n) is 5.34. The van der Waals surface area contributed by atoms with E-state index < -0.39 is 10.0 Å². The number of rotatable bonds is 6. The predicted molar refractivity (Wildman–Crippen MR) is 79.8 cm³/mol. The van der Waals surface area contributed by atoms with Crippen LogP contribution in [0.2, 0.25) is 0 Å². The Morgan fingerprint density at radius 3 is 2.95 bits per heavy atom. The minimum Gasteiger partial charge on any atom is -0.396 e. The third-order valence-corrected chi connectivity index (χ3v) is 5.67. The molecule has 2 rings (SSSR count). The van der Waals surface area contributed by atoms with Crippen molar-refractivity contribution in [1.29, 1.82) is 5.26 Å². The lowest BCUT2D eigenvalue weighted by Crippen LogP contribution is -2.36. The molecule has 0 aromatic heterocycles. The van der Waals surface area contributed by atoms with Crippen LogP contribution in [-0.4, -0.2) is 37.0 Å². The van der Waals surface area contributed by atoms with Crippen LogP contribution in [0.4, 0.5) is 0 Å². The van der Waals surface area contributed by atoms with Crippen molar-refractivity contribution in [3.05, 3.63) is 35.4 Å². The highest BCUT2D eigenvalue weighted by Crippen LogP contribution is 2.26. The number of sulfonamides is 1. The largest absolute Gasteiger partial charge is 0.396 e. The Balaban J connectivity index is 2.12. The molecule has 0 bridgehead atoms. The molecule has 0 saturated carbocycles. The zero-order valence-electron chi connectivity index (χ0n) is 11.9. The minimum atomic E-state index is -3.38. The molecular formula is C15H20N2O3S. The number of nitriles is 1. The predicted octanol–water partition coefficient (Wildman–Crippen LogP) is 1.62. The van der Waals surface area contributed by atoms with Crippen LogP contribution in [-0.2, 0) is 15.8 Å². The normalized spacial score (nSPS) is 19.5. The van der Waals surface area contributed by atoms with Gasteiger partial charge in [-0.2, -0.15) is 9.57 Å². The summed E-state index contributed by atoms with van der Waals surface area (Å²) < 4.78 is 26.7. The van der Waals surface area contributed by atoms with Gasteiger partial charge in [0.15, 0.2) is 0 Å². The van der Waals surface area contributed by atoms with Gasteiger partial charge in [0, 0.05) is 19.2 Å². The second kappa shape index (κ2) is 7.03. The molecule has 1 aliphatic heterocycles. The summed E-state index contributed by atoms with van der Waals surface area (Å²) in [5.41, 5.74) is 1.11.